The van der Waals surface area contributed by atoms with Crippen molar-refractivity contribution in [1.29, 1.82) is 5.41 Å². The highest BCUT2D eigenvalue weighted by Gasteiger charge is 2.09. The molecule has 3 N–H and O–H groups in total. The molecule has 21 heavy (non-hydrogen) atoms. The molecule has 2 aromatic carbocycles. The zero-order chi connectivity index (χ0) is 15.4. The number of benzene rings is 2. The molecular formula is C15H14Cl2N2OS. The van der Waals surface area contributed by atoms with Crippen LogP contribution >= 0.6 is 35.0 Å². The van der Waals surface area contributed by atoms with Crippen LogP contribution < -0.4 is 10.5 Å². The smallest absolute Gasteiger partial charge is 0.122 e. The largest absolute Gasteiger partial charge is 0.496 e. The number of nitrogens with one attached hydrogen (secondary N) is 1. The Kier molecular flexibility index (Phi) is 5.39. The van der Waals surface area contributed by atoms with Crippen molar-refractivity contribution in [1.82, 2.24) is 0 Å². The van der Waals surface area contributed by atoms with Crippen molar-refractivity contribution in [2.24, 2.45) is 5.73 Å². The Morgan fingerprint density at radius 3 is 2.67 bits per heavy atom. The van der Waals surface area contributed by atoms with Crippen LogP contribution in [0.2, 0.25) is 10.0 Å². The van der Waals surface area contributed by atoms with Crippen LogP contribution in [0.4, 0.5) is 0 Å². The molecule has 3 nitrogen and oxygen atoms in total. The standard InChI is InChI=1S/C15H14Cl2N2OS/c1-20-13-5-2-9(15(18)19)6-10(13)8-21-14-7-11(16)3-4-12(14)17/h2-7H,8H2,1H3,(H3,18,19). The van der Waals surface area contributed by atoms with E-state index in [4.69, 9.17) is 39.1 Å². The molecule has 0 saturated carbocycles. The predicted octanol–water partition coefficient (Wildman–Crippen LogP) is 4.58. The van der Waals surface area contributed by atoms with Gasteiger partial charge in [0.05, 0.1) is 12.1 Å². The van der Waals surface area contributed by atoms with Gasteiger partial charge in [-0.05, 0) is 36.4 Å². The summed E-state index contributed by atoms with van der Waals surface area (Å²) in [6.45, 7) is 0. The zero-order valence-corrected chi connectivity index (χ0v) is 13.6. The Bertz CT molecular complexity index is 677. The van der Waals surface area contributed by atoms with Gasteiger partial charge in [0.25, 0.3) is 0 Å². The minimum absolute atomic E-state index is 0.0321. The van der Waals surface area contributed by atoms with Gasteiger partial charge in [0.15, 0.2) is 0 Å². The highest BCUT2D eigenvalue weighted by atomic mass is 35.5. The fourth-order valence-electron chi connectivity index (χ4n) is 1.80. The lowest BCUT2D eigenvalue weighted by atomic mass is 10.1. The average molecular weight is 341 g/mol. The Hall–Kier alpha value is -1.36. The lowest BCUT2D eigenvalue weighted by Gasteiger charge is -2.11. The molecule has 0 aromatic heterocycles. The van der Waals surface area contributed by atoms with Gasteiger partial charge in [0.1, 0.15) is 11.6 Å². The number of halogens is 2. The molecule has 0 bridgehead atoms. The summed E-state index contributed by atoms with van der Waals surface area (Å²) in [7, 11) is 1.61. The highest BCUT2D eigenvalue weighted by Crippen LogP contribution is 2.34. The fourth-order valence-corrected chi connectivity index (χ4v) is 3.27. The minimum atomic E-state index is 0.0321. The van der Waals surface area contributed by atoms with Crippen molar-refractivity contribution < 1.29 is 4.74 Å². The van der Waals surface area contributed by atoms with Gasteiger partial charge in [-0.15, -0.1) is 11.8 Å². The van der Waals surface area contributed by atoms with Gasteiger partial charge in [-0.3, -0.25) is 5.41 Å². The van der Waals surface area contributed by atoms with Gasteiger partial charge in [-0.1, -0.05) is 23.2 Å². The van der Waals surface area contributed by atoms with E-state index in [1.165, 1.54) is 0 Å². The molecule has 0 radical (unpaired) electrons. The van der Waals surface area contributed by atoms with Crippen LogP contribution in [0.5, 0.6) is 5.75 Å². The van der Waals surface area contributed by atoms with E-state index in [2.05, 4.69) is 0 Å². The van der Waals surface area contributed by atoms with Crippen LogP contribution in [0.25, 0.3) is 0 Å². The number of amidine groups is 1. The second-order valence-corrected chi connectivity index (χ2v) is 6.16. The molecule has 0 aliphatic rings. The Labute approximate surface area is 137 Å². The van der Waals surface area contributed by atoms with Crippen LogP contribution in [0.1, 0.15) is 11.1 Å². The van der Waals surface area contributed by atoms with Gasteiger partial charge in [-0.25, -0.2) is 0 Å². The SMILES string of the molecule is COc1ccc(C(=N)N)cc1CSc1cc(Cl)ccc1Cl. The van der Waals surface area contributed by atoms with Gasteiger partial charge in [0.2, 0.25) is 0 Å². The summed E-state index contributed by atoms with van der Waals surface area (Å²) >= 11 is 13.7. The summed E-state index contributed by atoms with van der Waals surface area (Å²) in [4.78, 5) is 0.902. The van der Waals surface area contributed by atoms with Gasteiger partial charge in [0, 0.05) is 26.8 Å². The Morgan fingerprint density at radius 1 is 1.24 bits per heavy atom. The van der Waals surface area contributed by atoms with Crippen LogP contribution in [0.15, 0.2) is 41.3 Å². The topological polar surface area (TPSA) is 59.1 Å². The molecular weight excluding hydrogens is 327 g/mol. The van der Waals surface area contributed by atoms with Crippen LogP contribution in [-0.4, -0.2) is 12.9 Å². The van der Waals surface area contributed by atoms with Crippen LogP contribution in [-0.2, 0) is 5.75 Å². The average Bonchev–Trinajstić information content (AvgIpc) is 2.47. The number of thioether (sulfide) groups is 1. The molecule has 6 heteroatoms. The van der Waals surface area contributed by atoms with E-state index in [-0.39, 0.29) is 5.84 Å². The third-order valence-electron chi connectivity index (χ3n) is 2.87. The first-order valence-corrected chi connectivity index (χ1v) is 7.84. The van der Waals surface area contributed by atoms with Gasteiger partial charge >= 0.3 is 0 Å². The molecule has 0 aliphatic carbocycles. The number of rotatable bonds is 5. The first-order chi connectivity index (χ1) is 10.0. The number of nitrogen functional groups attached to an aromatic ring is 1. The summed E-state index contributed by atoms with van der Waals surface area (Å²) in [6, 6.07) is 10.8. The first kappa shape index (κ1) is 16.0. The number of methoxy groups -OCH3 is 1. The molecule has 0 heterocycles. The summed E-state index contributed by atoms with van der Waals surface area (Å²) < 4.78 is 5.34. The normalized spacial score (nSPS) is 10.4. The summed E-state index contributed by atoms with van der Waals surface area (Å²) in [6.07, 6.45) is 0. The monoisotopic (exact) mass is 340 g/mol. The van der Waals surface area contributed by atoms with Crippen molar-refractivity contribution in [3.63, 3.8) is 0 Å². The first-order valence-electron chi connectivity index (χ1n) is 6.10. The van der Waals surface area contributed by atoms with Gasteiger partial charge in [-0.2, -0.15) is 0 Å². The van der Waals surface area contributed by atoms with E-state index < -0.39 is 0 Å². The molecule has 0 fully saturated rings. The zero-order valence-electron chi connectivity index (χ0n) is 11.3. The molecule has 0 unspecified atom stereocenters. The van der Waals surface area contributed by atoms with Crippen molar-refractivity contribution in [2.45, 2.75) is 10.6 Å². The van der Waals surface area contributed by atoms with Crippen molar-refractivity contribution in [3.8, 4) is 5.75 Å². The molecule has 0 aliphatic heterocycles. The fraction of sp³-hybridized carbons (Fsp3) is 0.133. The van der Waals surface area contributed by atoms with E-state index >= 15 is 0 Å². The molecule has 110 valence electrons. The van der Waals surface area contributed by atoms with Crippen molar-refractivity contribution in [3.05, 3.63) is 57.6 Å². The molecule has 2 rings (SSSR count). The Morgan fingerprint density at radius 2 is 2.00 bits per heavy atom. The number of nitrogens with two attached hydrogens (primary N) is 1. The maximum absolute atomic E-state index is 7.51. The number of hydrogen-bond donors (Lipinski definition) is 2. The summed E-state index contributed by atoms with van der Waals surface area (Å²) in [5.41, 5.74) is 7.14. The van der Waals surface area contributed by atoms with E-state index in [0.717, 1.165) is 16.2 Å². The minimum Gasteiger partial charge on any atom is -0.496 e. The van der Waals surface area contributed by atoms with Crippen molar-refractivity contribution >= 4 is 40.8 Å². The lowest BCUT2D eigenvalue weighted by Crippen LogP contribution is -2.11. The highest BCUT2D eigenvalue weighted by molar-refractivity contribution is 7.98. The molecule has 0 atom stereocenters. The third kappa shape index (κ3) is 4.06. The maximum atomic E-state index is 7.51. The molecule has 0 spiro atoms. The second kappa shape index (κ2) is 7.07. The molecule has 0 amide bonds. The van der Waals surface area contributed by atoms with E-state index in [0.29, 0.717) is 21.4 Å². The van der Waals surface area contributed by atoms with E-state index in [9.17, 15) is 0 Å². The van der Waals surface area contributed by atoms with E-state index in [1.54, 1.807) is 37.1 Å². The quantitative estimate of drug-likeness (QED) is 0.475. The summed E-state index contributed by atoms with van der Waals surface area (Å²) in [5, 5.41) is 8.81. The maximum Gasteiger partial charge on any atom is 0.122 e. The molecule has 2 aromatic rings. The predicted molar refractivity (Wildman–Crippen MR) is 90.0 cm³/mol. The number of hydrogen-bond acceptors (Lipinski definition) is 3. The lowest BCUT2D eigenvalue weighted by molar-refractivity contribution is 0.411. The summed E-state index contributed by atoms with van der Waals surface area (Å²) in [5.74, 6) is 1.43. The van der Waals surface area contributed by atoms with Crippen molar-refractivity contribution in [2.75, 3.05) is 7.11 Å². The number of ether oxygens (including phenoxy) is 1. The van der Waals surface area contributed by atoms with Gasteiger partial charge < -0.3 is 10.5 Å². The third-order valence-corrected chi connectivity index (χ3v) is 4.65. The molecule has 0 saturated heterocycles. The van der Waals surface area contributed by atoms with Crippen LogP contribution in [0.3, 0.4) is 0 Å². The second-order valence-electron chi connectivity index (χ2n) is 4.30. The van der Waals surface area contributed by atoms with E-state index in [1.807, 2.05) is 18.2 Å². The Balaban J connectivity index is 2.24. The van der Waals surface area contributed by atoms with Crippen LogP contribution in [0, 0.1) is 5.41 Å².